The number of hydrogen-bond acceptors (Lipinski definition) is 5. The molecular formula is C26H32F4N4O3S. The Labute approximate surface area is 223 Å². The van der Waals surface area contributed by atoms with Crippen LogP contribution in [-0.2, 0) is 14.9 Å². The number of anilines is 1. The second-order valence-electron chi connectivity index (χ2n) is 11.0. The second kappa shape index (κ2) is 9.77. The number of rotatable bonds is 2. The molecule has 1 aromatic carbocycles. The van der Waals surface area contributed by atoms with Crippen LogP contribution in [0.15, 0.2) is 12.1 Å². The molecule has 2 amide bonds. The standard InChI is InChI=1S/C26H32F4N4O3S/c1-14-11-17(12-15(2)19(14)27)34-21(31-22(35)26(28,29)30)18-16(3)33(23(36)37-24(4,5)6)13-25(20(18)32-34)7-9-38-10-8-25/h11-12,16H,7-10,13H2,1-6H3,(H,31,35)/t16-/m0/s1. The van der Waals surface area contributed by atoms with Crippen LogP contribution in [0.2, 0.25) is 0 Å². The van der Waals surface area contributed by atoms with E-state index in [4.69, 9.17) is 9.84 Å². The zero-order valence-electron chi connectivity index (χ0n) is 22.3. The van der Waals surface area contributed by atoms with Gasteiger partial charge in [0.15, 0.2) is 0 Å². The highest BCUT2D eigenvalue weighted by atomic mass is 32.2. The van der Waals surface area contributed by atoms with Crippen molar-refractivity contribution in [3.8, 4) is 5.69 Å². The number of halogens is 4. The molecule has 3 heterocycles. The summed E-state index contributed by atoms with van der Waals surface area (Å²) in [6, 6.07) is 2.20. The highest BCUT2D eigenvalue weighted by Gasteiger charge is 2.50. The van der Waals surface area contributed by atoms with Crippen molar-refractivity contribution < 1.29 is 31.9 Å². The number of fused-ring (bicyclic) bond motifs is 2. The number of carbonyl (C=O) groups excluding carboxylic acids is 2. The first kappa shape index (κ1) is 28.3. The molecule has 1 N–H and O–H groups in total. The van der Waals surface area contributed by atoms with Gasteiger partial charge in [-0.25, -0.2) is 13.9 Å². The Morgan fingerprint density at radius 1 is 1.13 bits per heavy atom. The smallest absolute Gasteiger partial charge is 0.444 e. The van der Waals surface area contributed by atoms with E-state index >= 15 is 0 Å². The Balaban J connectivity index is 1.96. The summed E-state index contributed by atoms with van der Waals surface area (Å²) in [6.07, 6.45) is -4.47. The number of hydrogen-bond donors (Lipinski definition) is 1. The molecule has 7 nitrogen and oxygen atoms in total. The fourth-order valence-corrected chi connectivity index (χ4v) is 6.42. The van der Waals surface area contributed by atoms with Crippen LogP contribution in [0.4, 0.5) is 28.2 Å². The molecule has 1 fully saturated rings. The summed E-state index contributed by atoms with van der Waals surface area (Å²) in [5.74, 6) is -1.22. The van der Waals surface area contributed by atoms with Crippen molar-refractivity contribution in [1.29, 1.82) is 0 Å². The van der Waals surface area contributed by atoms with E-state index in [0.29, 0.717) is 29.8 Å². The van der Waals surface area contributed by atoms with Gasteiger partial charge in [0.2, 0.25) is 0 Å². The fourth-order valence-electron chi connectivity index (χ4n) is 5.14. The number of amides is 2. The molecule has 2 aliphatic heterocycles. The molecule has 1 saturated heterocycles. The molecule has 1 atom stereocenters. The zero-order valence-corrected chi connectivity index (χ0v) is 23.1. The number of ether oxygens (including phenoxy) is 1. The highest BCUT2D eigenvalue weighted by molar-refractivity contribution is 7.99. The predicted molar refractivity (Wildman–Crippen MR) is 137 cm³/mol. The summed E-state index contributed by atoms with van der Waals surface area (Å²) >= 11 is 1.76. The van der Waals surface area contributed by atoms with Gasteiger partial charge in [0, 0.05) is 17.5 Å². The van der Waals surface area contributed by atoms with Gasteiger partial charge in [-0.05, 0) is 89.1 Å². The lowest BCUT2D eigenvalue weighted by Crippen LogP contribution is -2.52. The minimum atomic E-state index is -5.15. The summed E-state index contributed by atoms with van der Waals surface area (Å²) in [5, 5.41) is 6.82. The topological polar surface area (TPSA) is 76.5 Å². The SMILES string of the molecule is Cc1cc(-n2nc3c(c2NC(=O)C(F)(F)F)[C@H](C)N(C(=O)OC(C)(C)C)CC32CCSCC2)cc(C)c1F. The molecule has 2 aliphatic rings. The maximum Gasteiger partial charge on any atom is 0.471 e. The number of aryl methyl sites for hydroxylation is 2. The molecule has 38 heavy (non-hydrogen) atoms. The van der Waals surface area contributed by atoms with Crippen LogP contribution in [-0.4, -0.2) is 56.5 Å². The maximum atomic E-state index is 14.4. The normalized spacial score (nSPS) is 19.3. The Morgan fingerprint density at radius 2 is 1.71 bits per heavy atom. The van der Waals surface area contributed by atoms with Gasteiger partial charge >= 0.3 is 18.2 Å². The molecule has 0 bridgehead atoms. The van der Waals surface area contributed by atoms with E-state index < -0.39 is 41.1 Å². The average molecular weight is 557 g/mol. The van der Waals surface area contributed by atoms with Crippen LogP contribution in [0, 0.1) is 19.7 Å². The predicted octanol–water partition coefficient (Wildman–Crippen LogP) is 6.21. The maximum absolute atomic E-state index is 14.4. The molecule has 0 unspecified atom stereocenters. The molecule has 12 heteroatoms. The molecule has 0 aliphatic carbocycles. The highest BCUT2D eigenvalue weighted by Crippen LogP contribution is 2.50. The fraction of sp³-hybridized carbons (Fsp3) is 0.577. The summed E-state index contributed by atoms with van der Waals surface area (Å²) < 4.78 is 61.7. The number of carbonyl (C=O) groups is 2. The largest absolute Gasteiger partial charge is 0.471 e. The van der Waals surface area contributed by atoms with E-state index in [1.165, 1.54) is 21.7 Å². The first-order valence-electron chi connectivity index (χ1n) is 12.4. The van der Waals surface area contributed by atoms with E-state index in [1.54, 1.807) is 53.3 Å². The molecule has 208 valence electrons. The third-order valence-corrected chi connectivity index (χ3v) is 8.00. The first-order chi connectivity index (χ1) is 17.5. The lowest BCUT2D eigenvalue weighted by molar-refractivity contribution is -0.167. The number of thioether (sulfide) groups is 1. The van der Waals surface area contributed by atoms with Gasteiger partial charge < -0.3 is 15.0 Å². The molecule has 2 aromatic rings. The van der Waals surface area contributed by atoms with Crippen LogP contribution in [0.3, 0.4) is 0 Å². The van der Waals surface area contributed by atoms with E-state index in [-0.39, 0.29) is 23.5 Å². The van der Waals surface area contributed by atoms with Gasteiger partial charge in [-0.3, -0.25) is 4.79 Å². The van der Waals surface area contributed by atoms with Crippen LogP contribution in [0.1, 0.15) is 69.0 Å². The Hall–Kier alpha value is -2.76. The van der Waals surface area contributed by atoms with E-state index in [9.17, 15) is 27.2 Å². The quantitative estimate of drug-likeness (QED) is 0.446. The molecular weight excluding hydrogens is 524 g/mol. The van der Waals surface area contributed by atoms with Gasteiger partial charge in [0.1, 0.15) is 17.2 Å². The van der Waals surface area contributed by atoms with Crippen molar-refractivity contribution in [2.75, 3.05) is 23.4 Å². The minimum absolute atomic E-state index is 0.189. The summed E-state index contributed by atoms with van der Waals surface area (Å²) in [4.78, 5) is 27.1. The van der Waals surface area contributed by atoms with E-state index in [0.717, 1.165) is 11.5 Å². The third-order valence-electron chi connectivity index (χ3n) is 7.02. The van der Waals surface area contributed by atoms with Crippen molar-refractivity contribution in [1.82, 2.24) is 14.7 Å². The van der Waals surface area contributed by atoms with Gasteiger partial charge in [0.25, 0.3) is 0 Å². The van der Waals surface area contributed by atoms with E-state index in [1.807, 2.05) is 5.32 Å². The molecule has 0 saturated carbocycles. The van der Waals surface area contributed by atoms with E-state index in [2.05, 4.69) is 0 Å². The molecule has 1 spiro atoms. The van der Waals surface area contributed by atoms with Crippen LogP contribution < -0.4 is 5.32 Å². The molecule has 0 radical (unpaired) electrons. The minimum Gasteiger partial charge on any atom is -0.444 e. The number of nitrogens with zero attached hydrogens (tertiary/aromatic N) is 3. The Morgan fingerprint density at radius 3 is 2.24 bits per heavy atom. The van der Waals surface area contributed by atoms with Crippen LogP contribution in [0.5, 0.6) is 0 Å². The molecule has 1 aromatic heterocycles. The second-order valence-corrected chi connectivity index (χ2v) is 12.3. The van der Waals surface area contributed by atoms with Crippen molar-refractivity contribution in [3.63, 3.8) is 0 Å². The van der Waals surface area contributed by atoms with Crippen molar-refractivity contribution in [2.24, 2.45) is 0 Å². The number of benzene rings is 1. The van der Waals surface area contributed by atoms with Gasteiger partial charge in [0.05, 0.1) is 17.4 Å². The number of aromatic nitrogens is 2. The zero-order chi connectivity index (χ0) is 28.2. The average Bonchev–Trinajstić information content (AvgIpc) is 3.19. The summed E-state index contributed by atoms with van der Waals surface area (Å²) in [7, 11) is 0. The van der Waals surface area contributed by atoms with Gasteiger partial charge in [-0.2, -0.15) is 30.0 Å². The van der Waals surface area contributed by atoms with Gasteiger partial charge in [-0.1, -0.05) is 0 Å². The monoisotopic (exact) mass is 556 g/mol. The van der Waals surface area contributed by atoms with Crippen LogP contribution in [0.25, 0.3) is 5.69 Å². The summed E-state index contributed by atoms with van der Waals surface area (Å²) in [5.41, 5.74) is 0.324. The van der Waals surface area contributed by atoms with Crippen molar-refractivity contribution in [3.05, 3.63) is 40.3 Å². The lowest BCUT2D eigenvalue weighted by atomic mass is 9.73. The third kappa shape index (κ3) is 5.23. The first-order valence-corrected chi connectivity index (χ1v) is 13.6. The Kier molecular flexibility index (Phi) is 7.26. The molecule has 4 rings (SSSR count). The van der Waals surface area contributed by atoms with Gasteiger partial charge in [-0.15, -0.1) is 0 Å². The lowest BCUT2D eigenvalue weighted by Gasteiger charge is -2.46. The van der Waals surface area contributed by atoms with Crippen molar-refractivity contribution in [2.45, 2.75) is 77.6 Å². The summed E-state index contributed by atoms with van der Waals surface area (Å²) in [6.45, 7) is 10.3. The number of nitrogens with one attached hydrogen (secondary N) is 1. The van der Waals surface area contributed by atoms with Crippen molar-refractivity contribution >= 4 is 29.6 Å². The Bertz CT molecular complexity index is 1240. The van der Waals surface area contributed by atoms with Crippen LogP contribution >= 0.6 is 11.8 Å². The number of alkyl halides is 3.